The molecule has 120 valence electrons. The molecular weight excluding hydrogens is 324 g/mol. The topological polar surface area (TPSA) is 9.23 Å². The number of rotatable bonds is 2. The predicted molar refractivity (Wildman–Crippen MR) is 54.1 cm³/mol. The lowest BCUT2D eigenvalue weighted by molar-refractivity contribution is -0.359. The Labute approximate surface area is 114 Å². The fourth-order valence-corrected chi connectivity index (χ4v) is 2.56. The molecule has 0 radical (unpaired) electrons. The molecule has 1 nitrogen and oxygen atoms in total. The lowest BCUT2D eigenvalue weighted by atomic mass is 9.71. The number of hydrogen-bond acceptors (Lipinski definition) is 1. The minimum Gasteiger partial charge on any atom is -0.377 e. The molecule has 0 unspecified atom stereocenters. The molecule has 1 aliphatic carbocycles. The van der Waals surface area contributed by atoms with Crippen molar-refractivity contribution in [2.75, 3.05) is 6.61 Å². The van der Waals surface area contributed by atoms with Crippen molar-refractivity contribution < 1.29 is 39.9 Å². The zero-order valence-electron chi connectivity index (χ0n) is 10.1. The number of hydrogen-bond donors (Lipinski definition) is 0. The quantitative estimate of drug-likeness (QED) is 0.539. The van der Waals surface area contributed by atoms with Gasteiger partial charge in [0.15, 0.2) is 0 Å². The van der Waals surface area contributed by atoms with E-state index in [4.69, 9.17) is 11.6 Å². The molecule has 0 bridgehead atoms. The molecule has 0 spiro atoms. The van der Waals surface area contributed by atoms with Crippen molar-refractivity contribution in [2.45, 2.75) is 54.9 Å². The maximum Gasteiger partial charge on any atom is 0.426 e. The van der Waals surface area contributed by atoms with Gasteiger partial charge in [-0.05, 0) is 6.92 Å². The van der Waals surface area contributed by atoms with Crippen LogP contribution in [0.3, 0.4) is 0 Å². The molecule has 0 aromatic carbocycles. The number of ether oxygens (including phenoxy) is 1. The van der Waals surface area contributed by atoms with Crippen molar-refractivity contribution >= 4 is 11.6 Å². The normalized spacial score (nSPS) is 39.9. The van der Waals surface area contributed by atoms with Crippen LogP contribution in [0.15, 0.2) is 0 Å². The first kappa shape index (κ1) is 17.7. The van der Waals surface area contributed by atoms with E-state index in [1.54, 1.807) is 0 Å². The average molecular weight is 335 g/mol. The van der Waals surface area contributed by atoms with Crippen molar-refractivity contribution in [3.8, 4) is 0 Å². The van der Waals surface area contributed by atoms with E-state index in [-0.39, 0.29) is 6.61 Å². The van der Waals surface area contributed by atoms with Crippen molar-refractivity contribution in [3.63, 3.8) is 0 Å². The van der Waals surface area contributed by atoms with Crippen LogP contribution < -0.4 is 0 Å². The summed E-state index contributed by atoms with van der Waals surface area (Å²) in [5.74, 6) is 0. The van der Waals surface area contributed by atoms with Gasteiger partial charge in [0.05, 0.1) is 11.5 Å². The Hall–Kier alpha value is -0.310. The second kappa shape index (κ2) is 5.15. The van der Waals surface area contributed by atoms with Crippen LogP contribution in [0, 0.1) is 0 Å². The van der Waals surface area contributed by atoms with E-state index in [0.717, 1.165) is 0 Å². The first-order valence-corrected chi connectivity index (χ1v) is 6.00. The standard InChI is InChI=1S/C10H11ClF8O/c1-2-20-6-4-8(13,10(17,18)19)7(12,3-5(6)11)9(14,15)16/h5-6H,2-4H2,1H3/t5-,6+,7-,8+/m0/s1. The van der Waals surface area contributed by atoms with Gasteiger partial charge in [-0.2, -0.15) is 26.3 Å². The van der Waals surface area contributed by atoms with E-state index in [9.17, 15) is 35.1 Å². The molecule has 1 fully saturated rings. The zero-order chi connectivity index (χ0) is 16.0. The number of alkyl halides is 9. The Bertz CT molecular complexity index is 356. The van der Waals surface area contributed by atoms with Crippen LogP contribution in [0.2, 0.25) is 0 Å². The van der Waals surface area contributed by atoms with Crippen LogP contribution >= 0.6 is 11.6 Å². The minimum atomic E-state index is -6.04. The van der Waals surface area contributed by atoms with Gasteiger partial charge in [0, 0.05) is 19.4 Å². The Morgan fingerprint density at radius 2 is 1.40 bits per heavy atom. The van der Waals surface area contributed by atoms with E-state index in [1.807, 2.05) is 0 Å². The number of halogens is 9. The van der Waals surface area contributed by atoms with Crippen LogP contribution in [0.1, 0.15) is 19.8 Å². The monoisotopic (exact) mass is 334 g/mol. The van der Waals surface area contributed by atoms with Crippen molar-refractivity contribution in [3.05, 3.63) is 0 Å². The molecule has 0 saturated heterocycles. The van der Waals surface area contributed by atoms with Gasteiger partial charge in [-0.1, -0.05) is 0 Å². The fraction of sp³-hybridized carbons (Fsp3) is 1.00. The Morgan fingerprint density at radius 3 is 1.75 bits per heavy atom. The molecule has 0 aromatic heterocycles. The largest absolute Gasteiger partial charge is 0.426 e. The molecule has 0 N–H and O–H groups in total. The summed E-state index contributed by atoms with van der Waals surface area (Å²) >= 11 is 5.43. The highest BCUT2D eigenvalue weighted by Crippen LogP contribution is 2.59. The Morgan fingerprint density at radius 1 is 1.00 bits per heavy atom. The first-order chi connectivity index (χ1) is 8.80. The van der Waals surface area contributed by atoms with Gasteiger partial charge in [0.2, 0.25) is 5.67 Å². The minimum absolute atomic E-state index is 0.187. The molecule has 0 amide bonds. The van der Waals surface area contributed by atoms with E-state index in [1.165, 1.54) is 6.92 Å². The molecule has 10 heteroatoms. The van der Waals surface area contributed by atoms with Crippen LogP contribution in [0.25, 0.3) is 0 Å². The zero-order valence-corrected chi connectivity index (χ0v) is 10.8. The summed E-state index contributed by atoms with van der Waals surface area (Å²) in [6.07, 6.45) is -17.4. The predicted octanol–water partition coefficient (Wildman–Crippen LogP) is 4.33. The molecule has 20 heavy (non-hydrogen) atoms. The van der Waals surface area contributed by atoms with E-state index in [2.05, 4.69) is 4.74 Å². The summed E-state index contributed by atoms with van der Waals surface area (Å²) < 4.78 is 109. The van der Waals surface area contributed by atoms with Crippen LogP contribution in [-0.4, -0.2) is 41.8 Å². The summed E-state index contributed by atoms with van der Waals surface area (Å²) in [7, 11) is 0. The summed E-state index contributed by atoms with van der Waals surface area (Å²) in [6, 6.07) is 0. The van der Waals surface area contributed by atoms with Gasteiger partial charge in [-0.25, -0.2) is 8.78 Å². The van der Waals surface area contributed by atoms with E-state index in [0.29, 0.717) is 0 Å². The summed E-state index contributed by atoms with van der Waals surface area (Å²) in [5.41, 5.74) is -10.2. The maximum atomic E-state index is 14.0. The first-order valence-electron chi connectivity index (χ1n) is 5.57. The van der Waals surface area contributed by atoms with Crippen molar-refractivity contribution in [1.29, 1.82) is 0 Å². The molecule has 0 aliphatic heterocycles. The lowest BCUT2D eigenvalue weighted by Crippen LogP contribution is -2.69. The van der Waals surface area contributed by atoms with Crippen molar-refractivity contribution in [1.82, 2.24) is 0 Å². The summed E-state index contributed by atoms with van der Waals surface area (Å²) in [6.45, 7) is 1.16. The second-order valence-electron chi connectivity index (χ2n) is 4.52. The SMILES string of the molecule is CCO[C@@H]1C[C@](F)(C(F)(F)F)[C@](F)(C(F)(F)F)C[C@@H]1Cl. The molecule has 1 aliphatic rings. The molecule has 4 atom stereocenters. The third kappa shape index (κ3) is 2.58. The van der Waals surface area contributed by atoms with Gasteiger partial charge in [0.1, 0.15) is 0 Å². The maximum absolute atomic E-state index is 14.0. The Balaban J connectivity index is 3.30. The van der Waals surface area contributed by atoms with Gasteiger partial charge in [0.25, 0.3) is 5.67 Å². The van der Waals surface area contributed by atoms with Crippen LogP contribution in [0.5, 0.6) is 0 Å². The van der Waals surface area contributed by atoms with Gasteiger partial charge in [-0.3, -0.25) is 0 Å². The van der Waals surface area contributed by atoms with E-state index < -0.39 is 48.0 Å². The van der Waals surface area contributed by atoms with Gasteiger partial charge < -0.3 is 4.74 Å². The van der Waals surface area contributed by atoms with Crippen LogP contribution in [0.4, 0.5) is 35.1 Å². The molecule has 0 aromatic rings. The van der Waals surface area contributed by atoms with Gasteiger partial charge >= 0.3 is 12.4 Å². The van der Waals surface area contributed by atoms with Gasteiger partial charge in [-0.15, -0.1) is 11.6 Å². The molecule has 1 saturated carbocycles. The van der Waals surface area contributed by atoms with Crippen LogP contribution in [-0.2, 0) is 4.74 Å². The third-order valence-electron chi connectivity index (χ3n) is 3.27. The highest BCUT2D eigenvalue weighted by atomic mass is 35.5. The third-order valence-corrected chi connectivity index (χ3v) is 3.71. The van der Waals surface area contributed by atoms with E-state index >= 15 is 0 Å². The smallest absolute Gasteiger partial charge is 0.377 e. The summed E-state index contributed by atoms with van der Waals surface area (Å²) in [5, 5.41) is -1.72. The summed E-state index contributed by atoms with van der Waals surface area (Å²) in [4.78, 5) is 0. The molecule has 1 rings (SSSR count). The van der Waals surface area contributed by atoms with Crippen molar-refractivity contribution in [2.24, 2.45) is 0 Å². The highest BCUT2D eigenvalue weighted by molar-refractivity contribution is 6.21. The Kier molecular flexibility index (Phi) is 4.57. The average Bonchev–Trinajstić information content (AvgIpc) is 2.23. The second-order valence-corrected chi connectivity index (χ2v) is 5.08. The lowest BCUT2D eigenvalue weighted by Gasteiger charge is -2.48. The molecule has 0 heterocycles. The highest BCUT2D eigenvalue weighted by Gasteiger charge is 2.81. The fourth-order valence-electron chi connectivity index (χ4n) is 2.19. The molecular formula is C10H11ClF8O.